The zero-order valence-electron chi connectivity index (χ0n) is 5.69. The molecule has 7 heteroatoms. The lowest BCUT2D eigenvalue weighted by Crippen LogP contribution is -2.20. The molecule has 0 saturated carbocycles. The average Bonchev–Trinajstić information content (AvgIpc) is 1.86. The highest BCUT2D eigenvalue weighted by molar-refractivity contribution is 9.09. The van der Waals surface area contributed by atoms with Gasteiger partial charge < -0.3 is 0 Å². The molecule has 0 N–H and O–H groups in total. The summed E-state index contributed by atoms with van der Waals surface area (Å²) in [6.45, 7) is 1.62. The first-order valence-corrected chi connectivity index (χ1v) is 7.69. The Balaban J connectivity index is 4.14. The zero-order valence-corrected chi connectivity index (χ0v) is 9.74. The summed E-state index contributed by atoms with van der Waals surface area (Å²) in [5.74, 6) is 0. The van der Waals surface area contributed by atoms with Crippen molar-refractivity contribution in [1.82, 2.24) is 0 Å². The Morgan fingerprint density at radius 1 is 1.73 bits per heavy atom. The van der Waals surface area contributed by atoms with Crippen molar-refractivity contribution in [2.45, 2.75) is 13.0 Å². The van der Waals surface area contributed by atoms with Crippen LogP contribution < -0.4 is 0 Å². The van der Waals surface area contributed by atoms with E-state index in [1.807, 2.05) is 0 Å². The van der Waals surface area contributed by atoms with E-state index in [4.69, 9.17) is 11.2 Å². The fourth-order valence-electron chi connectivity index (χ4n) is 0.288. The highest BCUT2D eigenvalue weighted by Gasteiger charge is 2.34. The molecule has 0 aromatic heterocycles. The molecule has 0 heterocycles. The van der Waals surface area contributed by atoms with Gasteiger partial charge in [0.2, 0.25) is 0 Å². The SMILES string of the molecule is CCP(=S)(Cl)OC(F)(F)CBr. The molecule has 1 atom stereocenters. The van der Waals surface area contributed by atoms with Crippen LogP contribution >= 0.6 is 32.8 Å². The van der Waals surface area contributed by atoms with E-state index >= 15 is 0 Å². The Morgan fingerprint density at radius 3 is 2.45 bits per heavy atom. The van der Waals surface area contributed by atoms with Crippen LogP contribution in [0.15, 0.2) is 0 Å². The first-order valence-electron chi connectivity index (χ1n) is 2.76. The van der Waals surface area contributed by atoms with Crippen molar-refractivity contribution in [3.05, 3.63) is 0 Å². The van der Waals surface area contributed by atoms with Gasteiger partial charge in [0.05, 0.1) is 5.33 Å². The van der Waals surface area contributed by atoms with Crippen LogP contribution in [0, 0.1) is 0 Å². The first-order chi connectivity index (χ1) is 4.83. The molecule has 0 aliphatic rings. The zero-order chi connectivity index (χ0) is 9.12. The molecule has 0 amide bonds. The minimum absolute atomic E-state index is 0.256. The van der Waals surface area contributed by atoms with Crippen LogP contribution in [0.5, 0.6) is 0 Å². The van der Waals surface area contributed by atoms with Crippen LogP contribution in [0.1, 0.15) is 6.92 Å². The molecule has 0 rings (SSSR count). The Hall–Kier alpha value is 1.24. The fraction of sp³-hybridized carbons (Fsp3) is 1.00. The minimum Gasteiger partial charge on any atom is -0.274 e. The van der Waals surface area contributed by atoms with Crippen molar-refractivity contribution in [1.29, 1.82) is 0 Å². The van der Waals surface area contributed by atoms with Gasteiger partial charge in [0, 0.05) is 6.16 Å². The largest absolute Gasteiger partial charge is 0.369 e. The van der Waals surface area contributed by atoms with Gasteiger partial charge in [-0.3, -0.25) is 4.52 Å². The Morgan fingerprint density at radius 2 is 2.18 bits per heavy atom. The Kier molecular flexibility index (Phi) is 4.97. The van der Waals surface area contributed by atoms with Gasteiger partial charge in [0.25, 0.3) is 0 Å². The molecule has 0 aromatic rings. The van der Waals surface area contributed by atoms with E-state index < -0.39 is 17.1 Å². The normalized spacial score (nSPS) is 17.9. The molecule has 0 aliphatic heterocycles. The Labute approximate surface area is 82.4 Å². The monoisotopic (exact) mass is 286 g/mol. The predicted octanol–water partition coefficient (Wildman–Crippen LogP) is 3.56. The molecule has 0 aliphatic carbocycles. The number of alkyl halides is 3. The summed E-state index contributed by atoms with van der Waals surface area (Å²) >= 11 is 12.7. The van der Waals surface area contributed by atoms with Crippen LogP contribution in [0.4, 0.5) is 8.78 Å². The minimum atomic E-state index is -3.24. The van der Waals surface area contributed by atoms with Crippen LogP contribution in [-0.2, 0) is 16.3 Å². The van der Waals surface area contributed by atoms with Crippen molar-refractivity contribution in [2.24, 2.45) is 0 Å². The number of rotatable bonds is 4. The maximum Gasteiger partial charge on any atom is 0.369 e. The quantitative estimate of drug-likeness (QED) is 0.577. The fourth-order valence-corrected chi connectivity index (χ4v) is 1.80. The number of hydrogen-bond acceptors (Lipinski definition) is 2. The summed E-state index contributed by atoms with van der Waals surface area (Å²) < 4.78 is 29.1. The summed E-state index contributed by atoms with van der Waals surface area (Å²) in [6.07, 6.45) is -2.99. The summed E-state index contributed by atoms with van der Waals surface area (Å²) in [6, 6.07) is 0. The van der Waals surface area contributed by atoms with Crippen molar-refractivity contribution < 1.29 is 13.3 Å². The van der Waals surface area contributed by atoms with Crippen LogP contribution in [-0.4, -0.2) is 17.6 Å². The van der Waals surface area contributed by atoms with Gasteiger partial charge in [-0.25, -0.2) is 0 Å². The average molecular weight is 287 g/mol. The standard InChI is InChI=1S/C4H7BrClF2OPS/c1-2-10(6,11)9-4(7,8)3-5/h2-3H2,1H3. The van der Waals surface area contributed by atoms with E-state index in [9.17, 15) is 8.78 Å². The molecule has 0 fully saturated rings. The second-order valence-corrected chi connectivity index (χ2v) is 8.33. The summed E-state index contributed by atoms with van der Waals surface area (Å²) in [5.41, 5.74) is -2.79. The molecule has 0 bridgehead atoms. The molecular formula is C4H7BrClF2OPS. The van der Waals surface area contributed by atoms with Crippen LogP contribution in [0.3, 0.4) is 0 Å². The number of halogens is 4. The predicted molar refractivity (Wildman–Crippen MR) is 50.5 cm³/mol. The van der Waals surface area contributed by atoms with Crippen molar-refractivity contribution in [3.8, 4) is 0 Å². The molecular weight excluding hydrogens is 280 g/mol. The van der Waals surface area contributed by atoms with Crippen molar-refractivity contribution in [3.63, 3.8) is 0 Å². The first kappa shape index (κ1) is 12.2. The molecule has 68 valence electrons. The highest BCUT2D eigenvalue weighted by Crippen LogP contribution is 2.56. The lowest BCUT2D eigenvalue weighted by atomic mass is 10.8. The second kappa shape index (κ2) is 4.47. The molecule has 0 aromatic carbocycles. The highest BCUT2D eigenvalue weighted by atomic mass is 79.9. The van der Waals surface area contributed by atoms with Gasteiger partial charge in [0.15, 0.2) is 5.62 Å². The molecule has 1 unspecified atom stereocenters. The lowest BCUT2D eigenvalue weighted by molar-refractivity contribution is -0.146. The van der Waals surface area contributed by atoms with E-state index in [2.05, 4.69) is 32.3 Å². The number of hydrogen-bond donors (Lipinski definition) is 0. The van der Waals surface area contributed by atoms with Gasteiger partial charge in [-0.2, -0.15) is 8.78 Å². The van der Waals surface area contributed by atoms with Gasteiger partial charge in [0.1, 0.15) is 0 Å². The second-order valence-electron chi connectivity index (χ2n) is 1.77. The smallest absolute Gasteiger partial charge is 0.274 e. The third-order valence-corrected chi connectivity index (χ3v) is 4.67. The van der Waals surface area contributed by atoms with Crippen molar-refractivity contribution in [2.75, 3.05) is 11.5 Å². The van der Waals surface area contributed by atoms with E-state index in [0.29, 0.717) is 0 Å². The van der Waals surface area contributed by atoms with Gasteiger partial charge in [-0.05, 0) is 11.8 Å². The summed E-state index contributed by atoms with van der Waals surface area (Å²) in [7, 11) is 0. The topological polar surface area (TPSA) is 9.23 Å². The molecule has 1 nitrogen and oxygen atoms in total. The lowest BCUT2D eigenvalue weighted by Gasteiger charge is -2.19. The maximum atomic E-state index is 12.4. The van der Waals surface area contributed by atoms with Gasteiger partial charge >= 0.3 is 6.11 Å². The van der Waals surface area contributed by atoms with E-state index in [1.54, 1.807) is 6.92 Å². The maximum absolute atomic E-state index is 12.4. The molecule has 0 spiro atoms. The Bertz CT molecular complexity index is 179. The molecule has 11 heavy (non-hydrogen) atoms. The van der Waals surface area contributed by atoms with Crippen LogP contribution in [0.25, 0.3) is 0 Å². The molecule has 0 saturated heterocycles. The third-order valence-electron chi connectivity index (χ3n) is 0.803. The van der Waals surface area contributed by atoms with Gasteiger partial charge in [-0.1, -0.05) is 34.1 Å². The van der Waals surface area contributed by atoms with Crippen LogP contribution in [0.2, 0.25) is 0 Å². The van der Waals surface area contributed by atoms with Crippen molar-refractivity contribution >= 4 is 44.6 Å². The van der Waals surface area contributed by atoms with E-state index in [1.165, 1.54) is 0 Å². The third kappa shape index (κ3) is 5.47. The van der Waals surface area contributed by atoms with E-state index in [0.717, 1.165) is 0 Å². The van der Waals surface area contributed by atoms with E-state index in [-0.39, 0.29) is 6.16 Å². The summed E-state index contributed by atoms with van der Waals surface area (Å²) in [4.78, 5) is 0. The molecule has 0 radical (unpaired) electrons. The van der Waals surface area contributed by atoms with Gasteiger partial charge in [-0.15, -0.1) is 0 Å². The summed E-state index contributed by atoms with van der Waals surface area (Å²) in [5, 5.41) is -0.578.